The molecule has 194 valence electrons. The number of carbonyl (C=O) groups excluding carboxylic acids is 2. The molecule has 5 heterocycles. The minimum absolute atomic E-state index is 0.0485. The summed E-state index contributed by atoms with van der Waals surface area (Å²) in [6, 6.07) is 9.72. The maximum Gasteiger partial charge on any atom is 0.285 e. The Morgan fingerprint density at radius 1 is 1.24 bits per heavy atom. The number of aromatic nitrogens is 5. The van der Waals surface area contributed by atoms with E-state index in [9.17, 15) is 9.59 Å². The van der Waals surface area contributed by atoms with E-state index < -0.39 is 0 Å². The standard InChI is InChI=1S/C26H27N9O2S/c1-15(2)31-21-10-22(23-7-6-18-9-17(11-27)12-30-35(18)23)29-14-20(21)24-32-33-25(38-24)26(37)34-8-4-5-19(34)13-28-16(3)36/h6-7,9-10,12,14-15,19H,4-5,8,13H2,1-3H3,(H,28,36)(H,29,31)/t19-/m0/s1. The average molecular weight is 530 g/mol. The van der Waals surface area contributed by atoms with Crippen LogP contribution in [0.2, 0.25) is 0 Å². The van der Waals surface area contributed by atoms with Crippen molar-refractivity contribution in [2.75, 3.05) is 18.4 Å². The van der Waals surface area contributed by atoms with E-state index in [-0.39, 0.29) is 23.9 Å². The molecule has 0 unspecified atom stereocenters. The number of hydrogen-bond donors (Lipinski definition) is 2. The van der Waals surface area contributed by atoms with E-state index in [0.717, 1.165) is 35.3 Å². The molecule has 0 saturated carbocycles. The number of amides is 2. The van der Waals surface area contributed by atoms with Gasteiger partial charge in [0.1, 0.15) is 6.07 Å². The SMILES string of the molecule is CC(=O)NC[C@@H]1CCCN1C(=O)c1nnc(-c2cnc(-c3ccc4cc(C#N)cnn34)cc2NC(C)C)s1. The third-order valence-electron chi connectivity index (χ3n) is 6.30. The largest absolute Gasteiger partial charge is 0.382 e. The summed E-state index contributed by atoms with van der Waals surface area (Å²) < 4.78 is 1.75. The van der Waals surface area contributed by atoms with Gasteiger partial charge in [-0.15, -0.1) is 10.2 Å². The van der Waals surface area contributed by atoms with Crippen LogP contribution in [0.4, 0.5) is 5.69 Å². The number of nitrogens with one attached hydrogen (secondary N) is 2. The lowest BCUT2D eigenvalue weighted by Gasteiger charge is -2.23. The lowest BCUT2D eigenvalue weighted by molar-refractivity contribution is -0.119. The van der Waals surface area contributed by atoms with Crippen LogP contribution >= 0.6 is 11.3 Å². The molecule has 1 saturated heterocycles. The van der Waals surface area contributed by atoms with Gasteiger partial charge in [0.05, 0.1) is 34.2 Å². The Bertz CT molecular complexity index is 1550. The van der Waals surface area contributed by atoms with Crippen LogP contribution in [-0.4, -0.2) is 66.7 Å². The van der Waals surface area contributed by atoms with Crippen LogP contribution in [0.3, 0.4) is 0 Å². The highest BCUT2D eigenvalue weighted by atomic mass is 32.1. The van der Waals surface area contributed by atoms with Crippen LogP contribution < -0.4 is 10.6 Å². The van der Waals surface area contributed by atoms with Gasteiger partial charge >= 0.3 is 0 Å². The number of nitriles is 1. The van der Waals surface area contributed by atoms with Gasteiger partial charge in [-0.1, -0.05) is 11.3 Å². The number of carbonyl (C=O) groups is 2. The predicted molar refractivity (Wildman–Crippen MR) is 144 cm³/mol. The number of rotatable bonds is 7. The summed E-state index contributed by atoms with van der Waals surface area (Å²) in [5, 5.41) is 29.3. The van der Waals surface area contributed by atoms with E-state index in [1.165, 1.54) is 24.5 Å². The van der Waals surface area contributed by atoms with Crippen molar-refractivity contribution in [3.05, 3.63) is 47.2 Å². The molecule has 1 atom stereocenters. The average Bonchev–Trinajstić information content (AvgIpc) is 3.66. The molecule has 2 amide bonds. The minimum Gasteiger partial charge on any atom is -0.382 e. The highest BCUT2D eigenvalue weighted by Gasteiger charge is 2.31. The quantitative estimate of drug-likeness (QED) is 0.371. The first-order valence-corrected chi connectivity index (χ1v) is 13.2. The fraction of sp³-hybridized carbons (Fsp3) is 0.346. The smallest absolute Gasteiger partial charge is 0.285 e. The number of likely N-dealkylation sites (tertiary alicyclic amines) is 1. The van der Waals surface area contributed by atoms with Crippen LogP contribution in [0, 0.1) is 11.3 Å². The zero-order chi connectivity index (χ0) is 26.8. The monoisotopic (exact) mass is 529 g/mol. The molecule has 0 aliphatic carbocycles. The molecule has 38 heavy (non-hydrogen) atoms. The molecule has 11 nitrogen and oxygen atoms in total. The summed E-state index contributed by atoms with van der Waals surface area (Å²) in [6.07, 6.45) is 4.98. The predicted octanol–water partition coefficient (Wildman–Crippen LogP) is 3.35. The summed E-state index contributed by atoms with van der Waals surface area (Å²) in [5.41, 5.74) is 4.34. The van der Waals surface area contributed by atoms with Crippen LogP contribution in [0.25, 0.3) is 27.5 Å². The van der Waals surface area contributed by atoms with Crippen molar-refractivity contribution in [2.24, 2.45) is 0 Å². The van der Waals surface area contributed by atoms with E-state index in [1.807, 2.05) is 32.0 Å². The Morgan fingerprint density at radius 2 is 2.08 bits per heavy atom. The van der Waals surface area contributed by atoms with Gasteiger partial charge < -0.3 is 15.5 Å². The second-order valence-electron chi connectivity index (χ2n) is 9.47. The van der Waals surface area contributed by atoms with Crippen molar-refractivity contribution in [2.45, 2.75) is 45.7 Å². The summed E-state index contributed by atoms with van der Waals surface area (Å²) in [4.78, 5) is 31.0. The normalized spacial score (nSPS) is 15.1. The first-order chi connectivity index (χ1) is 18.3. The Morgan fingerprint density at radius 3 is 2.84 bits per heavy atom. The molecule has 12 heteroatoms. The van der Waals surface area contributed by atoms with Gasteiger partial charge in [0, 0.05) is 44.0 Å². The molecule has 0 radical (unpaired) electrons. The molecular weight excluding hydrogens is 502 g/mol. The Labute approximate surface area is 223 Å². The van der Waals surface area contributed by atoms with Gasteiger partial charge in [-0.2, -0.15) is 10.4 Å². The molecule has 1 aliphatic heterocycles. The lowest BCUT2D eigenvalue weighted by Crippen LogP contribution is -2.42. The molecule has 4 aromatic rings. The van der Waals surface area contributed by atoms with Crippen molar-refractivity contribution in [1.29, 1.82) is 5.26 Å². The van der Waals surface area contributed by atoms with E-state index in [0.29, 0.717) is 34.4 Å². The highest BCUT2D eigenvalue weighted by molar-refractivity contribution is 7.16. The Hall–Kier alpha value is -4.37. The van der Waals surface area contributed by atoms with Crippen LogP contribution in [0.15, 0.2) is 36.7 Å². The molecule has 2 N–H and O–H groups in total. The second kappa shape index (κ2) is 10.5. The number of anilines is 1. The van der Waals surface area contributed by atoms with Crippen LogP contribution in [0.1, 0.15) is 49.0 Å². The highest BCUT2D eigenvalue weighted by Crippen LogP contribution is 2.34. The zero-order valence-corrected chi connectivity index (χ0v) is 22.1. The van der Waals surface area contributed by atoms with E-state index in [4.69, 9.17) is 5.26 Å². The van der Waals surface area contributed by atoms with Gasteiger partial charge in [0.15, 0.2) is 5.01 Å². The van der Waals surface area contributed by atoms with Crippen molar-refractivity contribution in [1.82, 2.24) is 35.0 Å². The summed E-state index contributed by atoms with van der Waals surface area (Å²) in [6.45, 7) is 6.61. The summed E-state index contributed by atoms with van der Waals surface area (Å²) in [7, 11) is 0. The van der Waals surface area contributed by atoms with E-state index in [2.05, 4.69) is 37.0 Å². The van der Waals surface area contributed by atoms with Crippen molar-refractivity contribution >= 4 is 34.4 Å². The molecular formula is C26H27N9O2S. The minimum atomic E-state index is -0.174. The lowest BCUT2D eigenvalue weighted by atomic mass is 10.1. The third-order valence-corrected chi connectivity index (χ3v) is 7.25. The maximum atomic E-state index is 13.2. The topological polar surface area (TPSA) is 141 Å². The second-order valence-corrected chi connectivity index (χ2v) is 10.4. The Kier molecular flexibility index (Phi) is 7.02. The van der Waals surface area contributed by atoms with Crippen LogP contribution in [-0.2, 0) is 4.79 Å². The van der Waals surface area contributed by atoms with Gasteiger partial charge in [-0.05, 0) is 51.0 Å². The molecule has 0 aromatic carbocycles. The first-order valence-electron chi connectivity index (χ1n) is 12.4. The third kappa shape index (κ3) is 5.05. The molecule has 1 aliphatic rings. The molecule has 0 bridgehead atoms. The van der Waals surface area contributed by atoms with Crippen LogP contribution in [0.5, 0.6) is 0 Å². The maximum absolute atomic E-state index is 13.2. The van der Waals surface area contributed by atoms with Crippen molar-refractivity contribution in [3.63, 3.8) is 0 Å². The number of nitrogens with zero attached hydrogens (tertiary/aromatic N) is 7. The zero-order valence-electron chi connectivity index (χ0n) is 21.3. The van der Waals surface area contributed by atoms with Gasteiger partial charge in [-0.3, -0.25) is 14.6 Å². The van der Waals surface area contributed by atoms with Crippen molar-refractivity contribution in [3.8, 4) is 28.0 Å². The number of fused-ring (bicyclic) bond motifs is 1. The van der Waals surface area contributed by atoms with Gasteiger partial charge in [0.25, 0.3) is 5.91 Å². The number of hydrogen-bond acceptors (Lipinski definition) is 9. The molecule has 0 spiro atoms. The first kappa shape index (κ1) is 25.3. The molecule has 1 fully saturated rings. The Balaban J connectivity index is 1.44. The fourth-order valence-corrected chi connectivity index (χ4v) is 5.39. The summed E-state index contributed by atoms with van der Waals surface area (Å²) in [5.74, 6) is -0.286. The molecule has 4 aromatic heterocycles. The van der Waals surface area contributed by atoms with Gasteiger partial charge in [-0.25, -0.2) is 4.52 Å². The molecule has 5 rings (SSSR count). The fourth-order valence-electron chi connectivity index (χ4n) is 4.57. The summed E-state index contributed by atoms with van der Waals surface area (Å²) >= 11 is 1.23. The van der Waals surface area contributed by atoms with Crippen molar-refractivity contribution < 1.29 is 9.59 Å². The van der Waals surface area contributed by atoms with E-state index >= 15 is 0 Å². The van der Waals surface area contributed by atoms with Gasteiger partial charge in [0.2, 0.25) is 10.9 Å². The number of pyridine rings is 1. The van der Waals surface area contributed by atoms with E-state index in [1.54, 1.807) is 21.7 Å².